The summed E-state index contributed by atoms with van der Waals surface area (Å²) in [5.41, 5.74) is 1.70. The van der Waals surface area contributed by atoms with Crippen molar-refractivity contribution in [3.8, 4) is 0 Å². The van der Waals surface area contributed by atoms with Crippen LogP contribution in [0, 0.1) is 0 Å². The van der Waals surface area contributed by atoms with Gasteiger partial charge in [0.05, 0.1) is 16.5 Å². The molecule has 0 amide bonds. The predicted molar refractivity (Wildman–Crippen MR) is 101 cm³/mol. The molecule has 3 rings (SSSR count). The van der Waals surface area contributed by atoms with Crippen LogP contribution in [-0.4, -0.2) is 23.5 Å². The van der Waals surface area contributed by atoms with E-state index in [1.807, 2.05) is 44.2 Å². The summed E-state index contributed by atoms with van der Waals surface area (Å²) >= 11 is 1.47. The molecular weight excluding hydrogens is 370 g/mol. The normalized spacial score (nSPS) is 13.2. The lowest BCUT2D eigenvalue weighted by Crippen LogP contribution is -2.13. The molecule has 138 valence electrons. The van der Waals surface area contributed by atoms with Crippen LogP contribution in [0.25, 0.3) is 0 Å². The van der Waals surface area contributed by atoms with E-state index in [-0.39, 0.29) is 17.6 Å². The van der Waals surface area contributed by atoms with Crippen molar-refractivity contribution < 1.29 is 12.9 Å². The average molecular weight is 392 g/mol. The molecule has 26 heavy (non-hydrogen) atoms. The monoisotopic (exact) mass is 391 g/mol. The van der Waals surface area contributed by atoms with Gasteiger partial charge in [0.2, 0.25) is 5.89 Å². The van der Waals surface area contributed by atoms with Crippen LogP contribution in [-0.2, 0) is 22.0 Å². The maximum Gasteiger partial charge on any atom is 0.244 e. The van der Waals surface area contributed by atoms with Gasteiger partial charge in [0.1, 0.15) is 5.25 Å². The van der Waals surface area contributed by atoms with Crippen molar-refractivity contribution >= 4 is 21.2 Å². The molecule has 0 radical (unpaired) electrons. The maximum atomic E-state index is 12.7. The minimum Gasteiger partial charge on any atom is -0.338 e. The summed E-state index contributed by atoms with van der Waals surface area (Å²) in [5.74, 6) is 0.592. The van der Waals surface area contributed by atoms with E-state index in [0.29, 0.717) is 17.9 Å². The highest BCUT2D eigenvalue weighted by molar-refractivity contribution is 7.90. The molecule has 0 aliphatic heterocycles. The molecule has 2 heterocycles. The number of aromatic nitrogens is 3. The molecule has 0 bridgehead atoms. The van der Waals surface area contributed by atoms with Gasteiger partial charge in [0, 0.05) is 17.7 Å². The maximum absolute atomic E-state index is 12.7. The Morgan fingerprint density at radius 1 is 1.12 bits per heavy atom. The molecule has 1 unspecified atom stereocenters. The lowest BCUT2D eigenvalue weighted by molar-refractivity contribution is 0.369. The van der Waals surface area contributed by atoms with Gasteiger partial charge in [0.25, 0.3) is 0 Å². The number of nitrogens with zero attached hydrogens (tertiary/aromatic N) is 3. The van der Waals surface area contributed by atoms with Gasteiger partial charge in [-0.2, -0.15) is 4.98 Å². The fourth-order valence-electron chi connectivity index (χ4n) is 2.40. The number of hydrogen-bond acceptors (Lipinski definition) is 7. The lowest BCUT2D eigenvalue weighted by Gasteiger charge is -2.07. The zero-order valence-corrected chi connectivity index (χ0v) is 16.5. The minimum absolute atomic E-state index is 0.0847. The molecule has 0 saturated carbocycles. The van der Waals surface area contributed by atoms with Crippen molar-refractivity contribution in [3.63, 3.8) is 0 Å². The van der Waals surface area contributed by atoms with Crippen LogP contribution < -0.4 is 0 Å². The Hall–Kier alpha value is -2.06. The van der Waals surface area contributed by atoms with E-state index < -0.39 is 15.1 Å². The van der Waals surface area contributed by atoms with E-state index in [1.165, 1.54) is 11.3 Å². The molecule has 0 aliphatic carbocycles. The van der Waals surface area contributed by atoms with Crippen LogP contribution in [0.15, 0.2) is 40.2 Å². The highest BCUT2D eigenvalue weighted by atomic mass is 32.2. The van der Waals surface area contributed by atoms with E-state index in [1.54, 1.807) is 12.3 Å². The topological polar surface area (TPSA) is 86.0 Å². The van der Waals surface area contributed by atoms with Crippen molar-refractivity contribution in [1.82, 2.24) is 15.1 Å². The average Bonchev–Trinajstić information content (AvgIpc) is 3.24. The van der Waals surface area contributed by atoms with Crippen LogP contribution in [0.3, 0.4) is 0 Å². The third-order valence-electron chi connectivity index (χ3n) is 4.01. The molecule has 0 fully saturated rings. The minimum atomic E-state index is -3.49. The van der Waals surface area contributed by atoms with Crippen LogP contribution in [0.2, 0.25) is 0 Å². The van der Waals surface area contributed by atoms with Crippen LogP contribution in [0.4, 0.5) is 0 Å². The number of hydrogen-bond donors (Lipinski definition) is 0. The quantitative estimate of drug-likeness (QED) is 0.607. The number of sulfone groups is 1. The molecule has 0 saturated heterocycles. The second kappa shape index (κ2) is 7.67. The van der Waals surface area contributed by atoms with Crippen LogP contribution in [0.5, 0.6) is 0 Å². The molecular formula is C18H21N3O3S2. The van der Waals surface area contributed by atoms with Crippen molar-refractivity contribution in [1.29, 1.82) is 0 Å². The third-order valence-corrected chi connectivity index (χ3v) is 6.88. The van der Waals surface area contributed by atoms with Gasteiger partial charge in [-0.1, -0.05) is 49.3 Å². The summed E-state index contributed by atoms with van der Waals surface area (Å²) in [7, 11) is -3.49. The molecule has 0 aliphatic rings. The van der Waals surface area contributed by atoms with Gasteiger partial charge < -0.3 is 4.52 Å². The molecule has 1 atom stereocenters. The molecule has 6 nitrogen and oxygen atoms in total. The van der Waals surface area contributed by atoms with Crippen LogP contribution in [0.1, 0.15) is 59.9 Å². The Kier molecular flexibility index (Phi) is 5.52. The first-order chi connectivity index (χ1) is 12.3. The van der Waals surface area contributed by atoms with E-state index in [9.17, 15) is 8.42 Å². The molecule has 8 heteroatoms. The highest BCUT2D eigenvalue weighted by Crippen LogP contribution is 2.26. The second-order valence-corrected chi connectivity index (χ2v) is 9.75. The van der Waals surface area contributed by atoms with Gasteiger partial charge in [-0.05, 0) is 12.5 Å². The summed E-state index contributed by atoms with van der Waals surface area (Å²) in [4.78, 5) is 8.68. The fourth-order valence-corrected chi connectivity index (χ4v) is 4.55. The Labute approximate surface area is 157 Å². The second-order valence-electron chi connectivity index (χ2n) is 6.49. The first-order valence-corrected chi connectivity index (χ1v) is 11.0. The first-order valence-electron chi connectivity index (χ1n) is 8.37. The zero-order valence-electron chi connectivity index (χ0n) is 14.9. The Bertz CT molecular complexity index is 962. The van der Waals surface area contributed by atoms with Crippen molar-refractivity contribution in [3.05, 3.63) is 63.7 Å². The summed E-state index contributed by atoms with van der Waals surface area (Å²) < 4.78 is 30.5. The zero-order chi connectivity index (χ0) is 18.7. The largest absolute Gasteiger partial charge is 0.338 e. The van der Waals surface area contributed by atoms with Gasteiger partial charge in [-0.3, -0.25) is 0 Å². The molecule has 3 aromatic rings. The smallest absolute Gasteiger partial charge is 0.244 e. The van der Waals surface area contributed by atoms with E-state index in [2.05, 4.69) is 15.1 Å². The van der Waals surface area contributed by atoms with Crippen LogP contribution >= 0.6 is 11.3 Å². The summed E-state index contributed by atoms with van der Waals surface area (Å²) in [6.45, 7) is 5.43. The highest BCUT2D eigenvalue weighted by Gasteiger charge is 2.29. The standard InChI is InChI=1S/C18H21N3O3S2/c1-12(2)17-20-18(24-21-17)13(3)26(22,23)11-15-10-25-16(19-15)9-14-7-5-4-6-8-14/h4-8,10,12-13H,9,11H2,1-3H3. The van der Waals surface area contributed by atoms with Crippen molar-refractivity contribution in [2.75, 3.05) is 0 Å². The van der Waals surface area contributed by atoms with E-state index in [4.69, 9.17) is 4.52 Å². The van der Waals surface area contributed by atoms with Crippen molar-refractivity contribution in [2.45, 2.75) is 44.1 Å². The molecule has 1 aromatic carbocycles. The molecule has 2 aromatic heterocycles. The lowest BCUT2D eigenvalue weighted by atomic mass is 10.2. The number of rotatable bonds is 7. The van der Waals surface area contributed by atoms with E-state index >= 15 is 0 Å². The Balaban J connectivity index is 1.70. The Morgan fingerprint density at radius 2 is 1.85 bits per heavy atom. The van der Waals surface area contributed by atoms with Crippen molar-refractivity contribution in [2.24, 2.45) is 0 Å². The summed E-state index contributed by atoms with van der Waals surface area (Å²) in [6.07, 6.45) is 0.697. The van der Waals surface area contributed by atoms with Gasteiger partial charge in [-0.25, -0.2) is 13.4 Å². The Morgan fingerprint density at radius 3 is 2.50 bits per heavy atom. The molecule has 0 spiro atoms. The summed E-state index contributed by atoms with van der Waals surface area (Å²) in [5, 5.41) is 5.68. The van der Waals surface area contributed by atoms with Gasteiger partial charge >= 0.3 is 0 Å². The first kappa shape index (κ1) is 18.7. The van der Waals surface area contributed by atoms with E-state index in [0.717, 1.165) is 10.6 Å². The van der Waals surface area contributed by atoms with Gasteiger partial charge in [0.15, 0.2) is 15.7 Å². The molecule has 0 N–H and O–H groups in total. The SMILES string of the molecule is CC(C)c1noc(C(C)S(=O)(=O)Cc2csc(Cc3ccccc3)n2)n1. The predicted octanol–water partition coefficient (Wildman–Crippen LogP) is 3.92. The summed E-state index contributed by atoms with van der Waals surface area (Å²) in [6, 6.07) is 9.98. The third kappa shape index (κ3) is 4.37. The van der Waals surface area contributed by atoms with Gasteiger partial charge in [-0.15, -0.1) is 11.3 Å². The number of thiazole rings is 1. The fraction of sp³-hybridized carbons (Fsp3) is 0.389. The number of benzene rings is 1.